The summed E-state index contributed by atoms with van der Waals surface area (Å²) in [7, 11) is 0. The van der Waals surface area contributed by atoms with Crippen LogP contribution in [0, 0.1) is 0 Å². The molecule has 82 valence electrons. The Hall–Kier alpha value is -1.05. The third-order valence-corrected chi connectivity index (χ3v) is 2.98. The maximum atomic E-state index is 10.8. The first-order valence-corrected chi connectivity index (χ1v) is 5.39. The van der Waals surface area contributed by atoms with Crippen LogP contribution in [0.1, 0.15) is 15.4 Å². The van der Waals surface area contributed by atoms with Crippen LogP contribution in [0.2, 0.25) is 0 Å². The van der Waals surface area contributed by atoms with Crippen LogP contribution >= 0.6 is 11.5 Å². The quantitative estimate of drug-likeness (QED) is 0.790. The van der Waals surface area contributed by atoms with Crippen molar-refractivity contribution in [2.24, 2.45) is 0 Å². The number of carbonyl (C=O) groups is 1. The van der Waals surface area contributed by atoms with Gasteiger partial charge in [0.2, 0.25) is 0 Å². The van der Waals surface area contributed by atoms with Crippen molar-refractivity contribution in [1.82, 2.24) is 14.5 Å². The second-order valence-electron chi connectivity index (χ2n) is 3.24. The van der Waals surface area contributed by atoms with Crippen molar-refractivity contribution >= 4 is 17.5 Å². The molecule has 0 atom stereocenters. The number of rotatable bonds is 3. The van der Waals surface area contributed by atoms with Gasteiger partial charge in [-0.1, -0.05) is 4.49 Å². The number of morpholine rings is 1. The molecule has 1 aromatic rings. The maximum absolute atomic E-state index is 10.8. The lowest BCUT2D eigenvalue weighted by molar-refractivity contribution is 0.0334. The van der Waals surface area contributed by atoms with Crippen LogP contribution < -0.4 is 0 Å². The van der Waals surface area contributed by atoms with Crippen LogP contribution in [0.15, 0.2) is 0 Å². The van der Waals surface area contributed by atoms with E-state index in [4.69, 9.17) is 9.84 Å². The minimum atomic E-state index is -0.951. The van der Waals surface area contributed by atoms with E-state index < -0.39 is 5.97 Å². The highest BCUT2D eigenvalue weighted by Crippen LogP contribution is 2.13. The monoisotopic (exact) mass is 229 g/mol. The number of ether oxygens (including phenoxy) is 1. The Labute approximate surface area is 90.6 Å². The molecule has 0 aliphatic carbocycles. The first kappa shape index (κ1) is 10.5. The Morgan fingerprint density at radius 1 is 1.53 bits per heavy atom. The standard InChI is InChI=1S/C8H11N3O3S/c12-8(13)7-6(9-10-15-7)5-11-1-3-14-4-2-11/h1-5H2,(H,12,13). The molecule has 2 rings (SSSR count). The molecule has 0 spiro atoms. The van der Waals surface area contributed by atoms with Gasteiger partial charge in [0.25, 0.3) is 0 Å². The van der Waals surface area contributed by atoms with Gasteiger partial charge in [-0.15, -0.1) is 5.10 Å². The van der Waals surface area contributed by atoms with E-state index in [2.05, 4.69) is 14.5 Å². The molecule has 1 aromatic heterocycles. The lowest BCUT2D eigenvalue weighted by Crippen LogP contribution is -2.36. The fourth-order valence-electron chi connectivity index (χ4n) is 1.45. The highest BCUT2D eigenvalue weighted by molar-refractivity contribution is 7.07. The Morgan fingerprint density at radius 2 is 2.27 bits per heavy atom. The van der Waals surface area contributed by atoms with Crippen molar-refractivity contribution in [3.8, 4) is 0 Å². The van der Waals surface area contributed by atoms with Crippen LogP contribution in [-0.2, 0) is 11.3 Å². The van der Waals surface area contributed by atoms with Crippen molar-refractivity contribution in [1.29, 1.82) is 0 Å². The van der Waals surface area contributed by atoms with Gasteiger partial charge in [-0.25, -0.2) is 4.79 Å². The summed E-state index contributed by atoms with van der Waals surface area (Å²) in [5, 5.41) is 12.7. The second kappa shape index (κ2) is 4.65. The second-order valence-corrected chi connectivity index (χ2v) is 4.00. The summed E-state index contributed by atoms with van der Waals surface area (Å²) < 4.78 is 8.87. The van der Waals surface area contributed by atoms with Crippen LogP contribution in [0.3, 0.4) is 0 Å². The fraction of sp³-hybridized carbons (Fsp3) is 0.625. The lowest BCUT2D eigenvalue weighted by atomic mass is 10.3. The molecule has 0 saturated carbocycles. The summed E-state index contributed by atoms with van der Waals surface area (Å²) >= 11 is 0.928. The molecule has 2 heterocycles. The van der Waals surface area contributed by atoms with Crippen LogP contribution in [0.25, 0.3) is 0 Å². The predicted octanol–water partition coefficient (Wildman–Crippen LogP) is 0.0685. The predicted molar refractivity (Wildman–Crippen MR) is 53.0 cm³/mol. The molecule has 6 nitrogen and oxygen atoms in total. The molecule has 0 unspecified atom stereocenters. The van der Waals surface area contributed by atoms with Crippen LogP contribution in [-0.4, -0.2) is 51.9 Å². The molecular weight excluding hydrogens is 218 g/mol. The highest BCUT2D eigenvalue weighted by atomic mass is 32.1. The molecule has 1 aliphatic heterocycles. The number of nitrogens with zero attached hydrogens (tertiary/aromatic N) is 3. The minimum absolute atomic E-state index is 0.237. The van der Waals surface area contributed by atoms with E-state index in [1.165, 1.54) is 0 Å². The van der Waals surface area contributed by atoms with Gasteiger partial charge in [0.05, 0.1) is 13.2 Å². The number of hydrogen-bond acceptors (Lipinski definition) is 6. The van der Waals surface area contributed by atoms with Crippen molar-refractivity contribution in [3.63, 3.8) is 0 Å². The fourth-order valence-corrected chi connectivity index (χ4v) is 1.96. The SMILES string of the molecule is O=C(O)c1snnc1CN1CCOCC1. The van der Waals surface area contributed by atoms with Gasteiger partial charge in [0.1, 0.15) is 5.69 Å². The van der Waals surface area contributed by atoms with Gasteiger partial charge >= 0.3 is 5.97 Å². The first-order valence-electron chi connectivity index (χ1n) is 4.62. The largest absolute Gasteiger partial charge is 0.477 e. The zero-order valence-electron chi connectivity index (χ0n) is 8.05. The Morgan fingerprint density at radius 3 is 2.93 bits per heavy atom. The molecule has 1 fully saturated rings. The van der Waals surface area contributed by atoms with E-state index in [0.29, 0.717) is 25.5 Å². The topological polar surface area (TPSA) is 75.5 Å². The van der Waals surface area contributed by atoms with Crippen molar-refractivity contribution in [2.75, 3.05) is 26.3 Å². The van der Waals surface area contributed by atoms with Gasteiger partial charge < -0.3 is 9.84 Å². The summed E-state index contributed by atoms with van der Waals surface area (Å²) in [6.45, 7) is 3.56. The summed E-state index contributed by atoms with van der Waals surface area (Å²) in [5.41, 5.74) is 0.550. The Balaban J connectivity index is 2.03. The molecule has 0 bridgehead atoms. The summed E-state index contributed by atoms with van der Waals surface area (Å²) in [6.07, 6.45) is 0. The molecule has 1 saturated heterocycles. The normalized spacial score (nSPS) is 17.9. The molecule has 15 heavy (non-hydrogen) atoms. The number of aromatic nitrogens is 2. The number of aromatic carboxylic acids is 1. The average Bonchev–Trinajstić information content (AvgIpc) is 2.67. The molecule has 0 radical (unpaired) electrons. The lowest BCUT2D eigenvalue weighted by Gasteiger charge is -2.25. The molecule has 0 aromatic carbocycles. The van der Waals surface area contributed by atoms with Crippen LogP contribution in [0.5, 0.6) is 0 Å². The van der Waals surface area contributed by atoms with Crippen molar-refractivity contribution in [3.05, 3.63) is 10.6 Å². The van der Waals surface area contributed by atoms with E-state index in [1.54, 1.807) is 0 Å². The van der Waals surface area contributed by atoms with Gasteiger partial charge in [-0.3, -0.25) is 4.90 Å². The summed E-state index contributed by atoms with van der Waals surface area (Å²) in [6, 6.07) is 0. The molecule has 0 amide bonds. The molecule has 1 aliphatic rings. The molecule has 7 heteroatoms. The van der Waals surface area contributed by atoms with Gasteiger partial charge in [-0.2, -0.15) is 0 Å². The Kier molecular flexibility index (Phi) is 3.24. The third kappa shape index (κ3) is 2.49. The van der Waals surface area contributed by atoms with E-state index in [0.717, 1.165) is 24.6 Å². The van der Waals surface area contributed by atoms with Crippen LogP contribution in [0.4, 0.5) is 0 Å². The minimum Gasteiger partial charge on any atom is -0.477 e. The smallest absolute Gasteiger partial charge is 0.349 e. The van der Waals surface area contributed by atoms with Crippen molar-refractivity contribution < 1.29 is 14.6 Å². The molecule has 1 N–H and O–H groups in total. The summed E-state index contributed by atoms with van der Waals surface area (Å²) in [4.78, 5) is 13.2. The van der Waals surface area contributed by atoms with E-state index in [9.17, 15) is 4.79 Å². The van der Waals surface area contributed by atoms with Gasteiger partial charge in [0, 0.05) is 19.6 Å². The van der Waals surface area contributed by atoms with Gasteiger partial charge in [-0.05, 0) is 11.5 Å². The van der Waals surface area contributed by atoms with E-state index in [1.807, 2.05) is 0 Å². The zero-order valence-corrected chi connectivity index (χ0v) is 8.87. The first-order chi connectivity index (χ1) is 7.27. The Bertz CT molecular complexity index is 349. The number of carboxylic acids is 1. The van der Waals surface area contributed by atoms with Gasteiger partial charge in [0.15, 0.2) is 4.88 Å². The third-order valence-electron chi connectivity index (χ3n) is 2.23. The number of hydrogen-bond donors (Lipinski definition) is 1. The molecular formula is C8H11N3O3S. The highest BCUT2D eigenvalue weighted by Gasteiger charge is 2.19. The van der Waals surface area contributed by atoms with E-state index in [-0.39, 0.29) is 4.88 Å². The summed E-state index contributed by atoms with van der Waals surface area (Å²) in [5.74, 6) is -0.951. The maximum Gasteiger partial charge on any atom is 0.349 e. The number of carboxylic acid groups (broad SMARTS) is 1. The zero-order chi connectivity index (χ0) is 10.7. The average molecular weight is 229 g/mol. The van der Waals surface area contributed by atoms with E-state index >= 15 is 0 Å². The van der Waals surface area contributed by atoms with Crippen molar-refractivity contribution in [2.45, 2.75) is 6.54 Å².